The van der Waals surface area contributed by atoms with Crippen molar-refractivity contribution in [2.24, 2.45) is 5.73 Å². The molecular weight excluding hydrogens is 202 g/mol. The molecule has 1 aliphatic heterocycles. The number of rotatable bonds is 2. The van der Waals surface area contributed by atoms with E-state index in [1.165, 1.54) is 0 Å². The Labute approximate surface area is 95.6 Å². The Hall–Kier alpha value is -1.55. The molecule has 1 unspecified atom stereocenters. The number of nitrogens with two attached hydrogens (primary N) is 1. The SMILES string of the molecule is CC1CC(=O)N(C)N1c1ccc(CN)cc1. The molecule has 86 valence electrons. The molecule has 1 atom stereocenters. The van der Waals surface area contributed by atoms with Crippen LogP contribution in [-0.2, 0) is 11.3 Å². The first-order chi connectivity index (χ1) is 7.63. The van der Waals surface area contributed by atoms with E-state index in [-0.39, 0.29) is 11.9 Å². The highest BCUT2D eigenvalue weighted by Crippen LogP contribution is 2.26. The van der Waals surface area contributed by atoms with Crippen LogP contribution in [0.15, 0.2) is 24.3 Å². The average Bonchev–Trinajstić information content (AvgIpc) is 2.54. The van der Waals surface area contributed by atoms with Gasteiger partial charge in [-0.1, -0.05) is 12.1 Å². The molecule has 1 heterocycles. The largest absolute Gasteiger partial charge is 0.326 e. The van der Waals surface area contributed by atoms with Crippen LogP contribution >= 0.6 is 0 Å². The third kappa shape index (κ3) is 1.76. The van der Waals surface area contributed by atoms with Crippen LogP contribution in [0.5, 0.6) is 0 Å². The molecule has 0 radical (unpaired) electrons. The van der Waals surface area contributed by atoms with E-state index < -0.39 is 0 Å². The second-order valence-corrected chi connectivity index (χ2v) is 4.19. The Morgan fingerprint density at radius 3 is 2.44 bits per heavy atom. The summed E-state index contributed by atoms with van der Waals surface area (Å²) < 4.78 is 0. The first-order valence-electron chi connectivity index (χ1n) is 5.48. The van der Waals surface area contributed by atoms with Crippen LogP contribution in [-0.4, -0.2) is 24.0 Å². The van der Waals surface area contributed by atoms with Gasteiger partial charge in [0, 0.05) is 13.6 Å². The topological polar surface area (TPSA) is 49.6 Å². The molecule has 0 spiro atoms. The van der Waals surface area contributed by atoms with Gasteiger partial charge in [0.2, 0.25) is 5.91 Å². The third-order valence-electron chi connectivity index (χ3n) is 3.01. The fourth-order valence-corrected chi connectivity index (χ4v) is 2.10. The summed E-state index contributed by atoms with van der Waals surface area (Å²) in [7, 11) is 1.81. The molecule has 1 saturated heterocycles. The summed E-state index contributed by atoms with van der Waals surface area (Å²) in [5.74, 6) is 0.162. The summed E-state index contributed by atoms with van der Waals surface area (Å²) in [5.41, 5.74) is 7.69. The van der Waals surface area contributed by atoms with Crippen LogP contribution in [0.1, 0.15) is 18.9 Å². The predicted octanol–water partition coefficient (Wildman–Crippen LogP) is 1.12. The minimum Gasteiger partial charge on any atom is -0.326 e. The Morgan fingerprint density at radius 2 is 2.00 bits per heavy atom. The van der Waals surface area contributed by atoms with E-state index >= 15 is 0 Å². The minimum absolute atomic E-state index is 0.162. The van der Waals surface area contributed by atoms with Gasteiger partial charge in [-0.25, -0.2) is 0 Å². The quantitative estimate of drug-likeness (QED) is 0.810. The molecule has 0 aliphatic carbocycles. The van der Waals surface area contributed by atoms with E-state index in [0.29, 0.717) is 13.0 Å². The molecule has 1 amide bonds. The highest BCUT2D eigenvalue weighted by Gasteiger charge is 2.32. The van der Waals surface area contributed by atoms with Gasteiger partial charge in [-0.3, -0.25) is 14.8 Å². The van der Waals surface area contributed by atoms with E-state index in [4.69, 9.17) is 5.73 Å². The van der Waals surface area contributed by atoms with Crippen molar-refractivity contribution >= 4 is 11.6 Å². The molecule has 4 nitrogen and oxygen atoms in total. The Bertz CT molecular complexity index is 388. The van der Waals surface area contributed by atoms with Gasteiger partial charge in [-0.15, -0.1) is 0 Å². The highest BCUT2D eigenvalue weighted by molar-refractivity contribution is 5.82. The molecule has 2 rings (SSSR count). The molecule has 1 aromatic rings. The van der Waals surface area contributed by atoms with Gasteiger partial charge >= 0.3 is 0 Å². The van der Waals surface area contributed by atoms with Crippen molar-refractivity contribution in [1.29, 1.82) is 0 Å². The van der Waals surface area contributed by atoms with Crippen molar-refractivity contribution in [2.45, 2.75) is 25.9 Å². The molecule has 0 bridgehead atoms. The van der Waals surface area contributed by atoms with E-state index in [1.54, 1.807) is 5.01 Å². The Balaban J connectivity index is 2.26. The summed E-state index contributed by atoms with van der Waals surface area (Å²) in [6, 6.07) is 8.24. The third-order valence-corrected chi connectivity index (χ3v) is 3.01. The normalized spacial score (nSPS) is 20.7. The first-order valence-corrected chi connectivity index (χ1v) is 5.48. The van der Waals surface area contributed by atoms with Crippen molar-refractivity contribution in [3.63, 3.8) is 0 Å². The van der Waals surface area contributed by atoms with Gasteiger partial charge in [0.05, 0.1) is 18.2 Å². The molecule has 0 saturated carbocycles. The number of hydrazine groups is 1. The van der Waals surface area contributed by atoms with Gasteiger partial charge in [-0.2, -0.15) is 0 Å². The van der Waals surface area contributed by atoms with Gasteiger partial charge in [-0.05, 0) is 24.6 Å². The van der Waals surface area contributed by atoms with Crippen molar-refractivity contribution < 1.29 is 4.79 Å². The van der Waals surface area contributed by atoms with E-state index in [0.717, 1.165) is 11.3 Å². The van der Waals surface area contributed by atoms with E-state index in [1.807, 2.05) is 36.3 Å². The zero-order chi connectivity index (χ0) is 11.7. The van der Waals surface area contributed by atoms with Crippen molar-refractivity contribution in [1.82, 2.24) is 5.01 Å². The van der Waals surface area contributed by atoms with Crippen LogP contribution in [0.3, 0.4) is 0 Å². The molecule has 2 N–H and O–H groups in total. The first kappa shape index (κ1) is 11.0. The minimum atomic E-state index is 0.162. The van der Waals surface area contributed by atoms with Crippen LogP contribution < -0.4 is 10.7 Å². The number of amides is 1. The van der Waals surface area contributed by atoms with Crippen molar-refractivity contribution in [2.75, 3.05) is 12.1 Å². The number of nitrogens with zero attached hydrogens (tertiary/aromatic N) is 2. The standard InChI is InChI=1S/C12H17N3O/c1-9-7-12(16)14(2)15(9)11-5-3-10(8-13)4-6-11/h3-6,9H,7-8,13H2,1-2H3. The highest BCUT2D eigenvalue weighted by atomic mass is 16.2. The molecule has 0 aromatic heterocycles. The fourth-order valence-electron chi connectivity index (χ4n) is 2.10. The predicted molar refractivity (Wildman–Crippen MR) is 63.7 cm³/mol. The van der Waals surface area contributed by atoms with Gasteiger partial charge in [0.1, 0.15) is 0 Å². The Morgan fingerprint density at radius 1 is 1.38 bits per heavy atom. The van der Waals surface area contributed by atoms with Crippen molar-refractivity contribution in [3.05, 3.63) is 29.8 Å². The zero-order valence-corrected chi connectivity index (χ0v) is 9.68. The smallest absolute Gasteiger partial charge is 0.242 e. The molecule has 4 heteroatoms. The second-order valence-electron chi connectivity index (χ2n) is 4.19. The zero-order valence-electron chi connectivity index (χ0n) is 9.68. The number of benzene rings is 1. The summed E-state index contributed by atoms with van der Waals surface area (Å²) in [4.78, 5) is 11.6. The second kappa shape index (κ2) is 4.14. The van der Waals surface area contributed by atoms with Gasteiger partial charge < -0.3 is 5.73 Å². The number of carbonyl (C=O) groups excluding carboxylic acids is 1. The summed E-state index contributed by atoms with van der Waals surface area (Å²) in [5, 5.41) is 3.70. The maximum Gasteiger partial charge on any atom is 0.242 e. The molecule has 1 fully saturated rings. The summed E-state index contributed by atoms with van der Waals surface area (Å²) >= 11 is 0. The lowest BCUT2D eigenvalue weighted by atomic mass is 10.2. The van der Waals surface area contributed by atoms with Crippen molar-refractivity contribution in [3.8, 4) is 0 Å². The summed E-state index contributed by atoms with van der Waals surface area (Å²) in [6.45, 7) is 2.60. The lowest BCUT2D eigenvalue weighted by Gasteiger charge is -2.29. The van der Waals surface area contributed by atoms with Crippen LogP contribution in [0, 0.1) is 0 Å². The molecule has 1 aliphatic rings. The molecular formula is C12H17N3O. The number of hydrogen-bond donors (Lipinski definition) is 1. The lowest BCUT2D eigenvalue weighted by molar-refractivity contribution is -0.126. The van der Waals surface area contributed by atoms with Crippen LogP contribution in [0.25, 0.3) is 0 Å². The van der Waals surface area contributed by atoms with Crippen LogP contribution in [0.2, 0.25) is 0 Å². The van der Waals surface area contributed by atoms with Gasteiger partial charge in [0.15, 0.2) is 0 Å². The molecule has 1 aromatic carbocycles. The maximum atomic E-state index is 11.6. The fraction of sp³-hybridized carbons (Fsp3) is 0.417. The monoisotopic (exact) mass is 219 g/mol. The number of hydrogen-bond acceptors (Lipinski definition) is 3. The number of carbonyl (C=O) groups is 1. The van der Waals surface area contributed by atoms with Gasteiger partial charge in [0.25, 0.3) is 0 Å². The number of anilines is 1. The van der Waals surface area contributed by atoms with Crippen LogP contribution in [0.4, 0.5) is 5.69 Å². The Kier molecular flexibility index (Phi) is 2.83. The lowest BCUT2D eigenvalue weighted by Crippen LogP contribution is -2.38. The van der Waals surface area contributed by atoms with E-state index in [2.05, 4.69) is 6.92 Å². The maximum absolute atomic E-state index is 11.6. The average molecular weight is 219 g/mol. The summed E-state index contributed by atoms with van der Waals surface area (Å²) in [6.07, 6.45) is 0.579. The van der Waals surface area contributed by atoms with E-state index in [9.17, 15) is 4.79 Å². The molecule has 16 heavy (non-hydrogen) atoms.